The van der Waals surface area contributed by atoms with Crippen molar-refractivity contribution >= 4 is 13.3 Å². The van der Waals surface area contributed by atoms with Crippen molar-refractivity contribution in [2.45, 2.75) is 89.2 Å². The third-order valence-electron chi connectivity index (χ3n) is 5.61. The molecule has 1 aromatic rings. The highest BCUT2D eigenvalue weighted by Gasteiger charge is 2.57. The predicted octanol–water partition coefficient (Wildman–Crippen LogP) is 5.65. The molecule has 1 N–H and O–H groups in total. The van der Waals surface area contributed by atoms with Gasteiger partial charge in [0, 0.05) is 6.42 Å². The van der Waals surface area contributed by atoms with Crippen molar-refractivity contribution in [3.8, 4) is 0 Å². The van der Waals surface area contributed by atoms with Gasteiger partial charge in [-0.3, -0.25) is 9.36 Å². The topological polar surface area (TPSA) is 72.8 Å². The van der Waals surface area contributed by atoms with E-state index in [0.29, 0.717) is 25.9 Å². The smallest absolute Gasteiger partial charge is 0.308 e. The third kappa shape index (κ3) is 5.92. The van der Waals surface area contributed by atoms with Crippen LogP contribution in [0.25, 0.3) is 0 Å². The van der Waals surface area contributed by atoms with Gasteiger partial charge < -0.3 is 14.4 Å². The van der Waals surface area contributed by atoms with Gasteiger partial charge in [0.15, 0.2) is 0 Å². The number of unbranched alkanes of at least 4 members (excludes halogenated alkanes) is 4. The fourth-order valence-electron chi connectivity index (χ4n) is 3.88. The van der Waals surface area contributed by atoms with Crippen LogP contribution in [0.5, 0.6) is 0 Å². The molecule has 6 heteroatoms. The number of hydrogen-bond donors (Lipinski definition) is 1. The van der Waals surface area contributed by atoms with Crippen LogP contribution in [0, 0.1) is 0 Å². The van der Waals surface area contributed by atoms with Crippen LogP contribution in [-0.4, -0.2) is 28.9 Å². The minimum absolute atomic E-state index is 0.0766. The molecule has 0 amide bonds. The molecule has 0 aromatic heterocycles. The average Bonchev–Trinajstić information content (AvgIpc) is 3.07. The summed E-state index contributed by atoms with van der Waals surface area (Å²) < 4.78 is 25.0. The molecule has 1 fully saturated rings. The molecular formula is C22H35O5P. The molecular weight excluding hydrogens is 375 g/mol. The molecule has 1 aromatic carbocycles. The van der Waals surface area contributed by atoms with Crippen molar-refractivity contribution in [2.24, 2.45) is 0 Å². The highest BCUT2D eigenvalue weighted by Crippen LogP contribution is 2.64. The lowest BCUT2D eigenvalue weighted by molar-refractivity contribution is -0.174. The Hall–Kier alpha value is -1.16. The Labute approximate surface area is 169 Å². The summed E-state index contributed by atoms with van der Waals surface area (Å²) in [6, 6.07) is 9.36. The molecule has 0 spiro atoms. The van der Waals surface area contributed by atoms with Gasteiger partial charge in [-0.05, 0) is 24.8 Å². The van der Waals surface area contributed by atoms with E-state index < -0.39 is 18.8 Å². The first-order valence-corrected chi connectivity index (χ1v) is 12.5. The first-order valence-electron chi connectivity index (χ1n) is 10.6. The van der Waals surface area contributed by atoms with Crippen molar-refractivity contribution in [3.05, 3.63) is 35.9 Å². The van der Waals surface area contributed by atoms with Crippen LogP contribution >= 0.6 is 7.37 Å². The summed E-state index contributed by atoms with van der Waals surface area (Å²) in [6.07, 6.45) is 6.04. The Morgan fingerprint density at radius 3 is 2.54 bits per heavy atom. The van der Waals surface area contributed by atoms with E-state index in [1.807, 2.05) is 30.3 Å². The third-order valence-corrected chi connectivity index (χ3v) is 8.46. The molecule has 158 valence electrons. The molecule has 0 saturated carbocycles. The highest BCUT2D eigenvalue weighted by atomic mass is 31.2. The summed E-state index contributed by atoms with van der Waals surface area (Å²) in [7, 11) is -3.68. The molecule has 1 aliphatic heterocycles. The largest absolute Gasteiger partial charge is 0.434 e. The summed E-state index contributed by atoms with van der Waals surface area (Å²) in [5.74, 6) is -0.333. The maximum absolute atomic E-state index is 13.6. The first kappa shape index (κ1) is 23.1. The van der Waals surface area contributed by atoms with Crippen LogP contribution in [0.2, 0.25) is 0 Å². The van der Waals surface area contributed by atoms with Crippen LogP contribution in [0.3, 0.4) is 0 Å². The summed E-state index contributed by atoms with van der Waals surface area (Å²) in [4.78, 5) is 23.5. The summed E-state index contributed by atoms with van der Waals surface area (Å²) >= 11 is 0. The molecule has 3 unspecified atom stereocenters. The van der Waals surface area contributed by atoms with Gasteiger partial charge in [-0.15, -0.1) is 0 Å². The minimum atomic E-state index is -3.68. The summed E-state index contributed by atoms with van der Waals surface area (Å²) in [6.45, 7) is 4.53. The van der Waals surface area contributed by atoms with Crippen molar-refractivity contribution in [1.29, 1.82) is 0 Å². The highest BCUT2D eigenvalue weighted by molar-refractivity contribution is 7.59. The van der Waals surface area contributed by atoms with E-state index in [4.69, 9.17) is 9.47 Å². The van der Waals surface area contributed by atoms with Crippen molar-refractivity contribution in [1.82, 2.24) is 0 Å². The summed E-state index contributed by atoms with van der Waals surface area (Å²) in [5.41, 5.74) is 0.822. The zero-order chi connectivity index (χ0) is 20.5. The summed E-state index contributed by atoms with van der Waals surface area (Å²) in [5, 5.41) is -1.02. The lowest BCUT2D eigenvalue weighted by atomic mass is 9.98. The number of rotatable bonds is 12. The van der Waals surface area contributed by atoms with Crippen molar-refractivity contribution < 1.29 is 23.7 Å². The first-order chi connectivity index (χ1) is 13.4. The molecule has 5 nitrogen and oxygen atoms in total. The number of benzene rings is 1. The number of carbonyl (C=O) groups excluding carboxylic acids is 1. The van der Waals surface area contributed by atoms with Gasteiger partial charge >= 0.3 is 5.97 Å². The Morgan fingerprint density at radius 1 is 1.18 bits per heavy atom. The van der Waals surface area contributed by atoms with Crippen LogP contribution < -0.4 is 0 Å². The minimum Gasteiger partial charge on any atom is -0.434 e. The van der Waals surface area contributed by atoms with Crippen LogP contribution in [-0.2, 0) is 25.0 Å². The molecule has 0 radical (unpaired) electrons. The average molecular weight is 410 g/mol. The SMILES string of the molecule is CCCCCC(=O)OC1OCCC1(CCCCC)P(=O)(O)Cc1ccccc1. The fourth-order valence-corrected chi connectivity index (χ4v) is 6.31. The van der Waals surface area contributed by atoms with E-state index in [1.54, 1.807) is 0 Å². The number of esters is 1. The van der Waals surface area contributed by atoms with Gasteiger partial charge in [0.1, 0.15) is 5.16 Å². The van der Waals surface area contributed by atoms with E-state index in [1.165, 1.54) is 0 Å². The second-order valence-electron chi connectivity index (χ2n) is 7.81. The lowest BCUT2D eigenvalue weighted by Gasteiger charge is -2.37. The lowest BCUT2D eigenvalue weighted by Crippen LogP contribution is -2.41. The van der Waals surface area contributed by atoms with Crippen LogP contribution in [0.1, 0.15) is 77.2 Å². The molecule has 1 heterocycles. The second-order valence-corrected chi connectivity index (χ2v) is 10.4. The maximum Gasteiger partial charge on any atom is 0.308 e. The van der Waals surface area contributed by atoms with E-state index in [0.717, 1.165) is 44.1 Å². The maximum atomic E-state index is 13.6. The number of ether oxygens (including phenoxy) is 2. The normalized spacial score (nSPS) is 24.0. The van der Waals surface area contributed by atoms with Gasteiger partial charge in [-0.1, -0.05) is 76.3 Å². The molecule has 0 bridgehead atoms. The Morgan fingerprint density at radius 2 is 1.86 bits per heavy atom. The van der Waals surface area contributed by atoms with Gasteiger partial charge in [0.2, 0.25) is 13.7 Å². The van der Waals surface area contributed by atoms with Crippen LogP contribution in [0.4, 0.5) is 0 Å². The zero-order valence-electron chi connectivity index (χ0n) is 17.3. The standard InChI is InChI=1S/C22H35O5P/c1-3-5-8-14-20(23)27-21-22(16-17-26-21,15-11-6-4-2)28(24,25)18-19-12-9-7-10-13-19/h7,9-10,12-13,21H,3-6,8,11,14-18H2,1-2H3,(H,24,25). The molecule has 1 aliphatic rings. The predicted molar refractivity (Wildman–Crippen MR) is 111 cm³/mol. The van der Waals surface area contributed by atoms with Crippen molar-refractivity contribution in [3.63, 3.8) is 0 Å². The van der Waals surface area contributed by atoms with Crippen LogP contribution in [0.15, 0.2) is 30.3 Å². The van der Waals surface area contributed by atoms with E-state index in [2.05, 4.69) is 13.8 Å². The van der Waals surface area contributed by atoms with Crippen molar-refractivity contribution in [2.75, 3.05) is 6.61 Å². The van der Waals surface area contributed by atoms with Gasteiger partial charge in [-0.2, -0.15) is 0 Å². The van der Waals surface area contributed by atoms with E-state index in [9.17, 15) is 14.3 Å². The molecule has 0 aliphatic carbocycles. The Balaban J connectivity index is 2.19. The quantitative estimate of drug-likeness (QED) is 0.274. The van der Waals surface area contributed by atoms with Gasteiger partial charge in [0.25, 0.3) is 0 Å². The molecule has 3 atom stereocenters. The number of hydrogen-bond acceptors (Lipinski definition) is 4. The Kier molecular flexibility index (Phi) is 9.20. The molecule has 1 saturated heterocycles. The van der Waals surface area contributed by atoms with Gasteiger partial charge in [-0.25, -0.2) is 0 Å². The molecule has 28 heavy (non-hydrogen) atoms. The van der Waals surface area contributed by atoms with E-state index >= 15 is 0 Å². The van der Waals surface area contributed by atoms with E-state index in [-0.39, 0.29) is 12.1 Å². The second kappa shape index (κ2) is 11.1. The monoisotopic (exact) mass is 410 g/mol. The zero-order valence-corrected chi connectivity index (χ0v) is 18.2. The molecule has 2 rings (SSSR count). The Bertz CT molecular complexity index is 648. The fraction of sp³-hybridized carbons (Fsp3) is 0.682. The number of carbonyl (C=O) groups is 1. The van der Waals surface area contributed by atoms with Gasteiger partial charge in [0.05, 0.1) is 12.8 Å².